The molecule has 0 aliphatic rings. The van der Waals surface area contributed by atoms with E-state index in [4.69, 9.17) is 18.6 Å². The molecule has 0 radical (unpaired) electrons. The highest BCUT2D eigenvalue weighted by Crippen LogP contribution is 2.27. The summed E-state index contributed by atoms with van der Waals surface area (Å²) in [4.78, 5) is 46.2. The van der Waals surface area contributed by atoms with Gasteiger partial charge in [-0.3, -0.25) is 24.3 Å². The number of oxazole rings is 1. The lowest BCUT2D eigenvalue weighted by atomic mass is 10.2. The normalized spacial score (nSPS) is 10.6. The van der Waals surface area contributed by atoms with Crippen molar-refractivity contribution in [2.75, 3.05) is 20.8 Å². The highest BCUT2D eigenvalue weighted by Gasteiger charge is 2.15. The minimum atomic E-state index is -0.682. The Kier molecular flexibility index (Phi) is 7.85. The number of carbonyl (C=O) groups excluding carboxylic acids is 2. The molecule has 1 amide bonds. The van der Waals surface area contributed by atoms with E-state index in [9.17, 15) is 24.5 Å². The van der Waals surface area contributed by atoms with Gasteiger partial charge in [0.15, 0.2) is 23.7 Å². The molecule has 3 rings (SSSR count). The number of carbonyl (C=O) groups is 2. The van der Waals surface area contributed by atoms with Gasteiger partial charge >= 0.3 is 11.7 Å². The van der Waals surface area contributed by atoms with Crippen LogP contribution in [0.1, 0.15) is 18.4 Å². The standard InChI is InChI=1S/C22H23N3O9/c1-31-17-8-5-14(10-19(17)32-2)12-23-20(26)13-33-21(27)4-3-9-24-16-7-6-15(25(29)30)11-18(16)34-22(24)28/h5-8,10-11H,3-4,9,12-13H2,1-2H3,(H,23,26). The van der Waals surface area contributed by atoms with E-state index < -0.39 is 29.2 Å². The SMILES string of the molecule is COc1ccc(CNC(=O)COC(=O)CCCn2c(=O)oc3cc([N+](=O)[O-])ccc32)cc1OC. The lowest BCUT2D eigenvalue weighted by Gasteiger charge is -2.10. The molecule has 2 aromatic carbocycles. The maximum atomic E-state index is 12.0. The second-order valence-electron chi connectivity index (χ2n) is 7.16. The summed E-state index contributed by atoms with van der Waals surface area (Å²) >= 11 is 0. The molecule has 3 aromatic rings. The second-order valence-corrected chi connectivity index (χ2v) is 7.16. The van der Waals surface area contributed by atoms with E-state index in [0.29, 0.717) is 17.0 Å². The largest absolute Gasteiger partial charge is 0.493 e. The number of benzene rings is 2. The molecule has 12 nitrogen and oxygen atoms in total. The van der Waals surface area contributed by atoms with Crippen molar-refractivity contribution in [2.24, 2.45) is 0 Å². The van der Waals surface area contributed by atoms with Gasteiger partial charge in [-0.1, -0.05) is 6.07 Å². The van der Waals surface area contributed by atoms with Crippen LogP contribution in [-0.2, 0) is 27.4 Å². The molecular weight excluding hydrogens is 450 g/mol. The Labute approximate surface area is 193 Å². The number of non-ortho nitro benzene ring substituents is 1. The van der Waals surface area contributed by atoms with Crippen molar-refractivity contribution < 1.29 is 33.1 Å². The quantitative estimate of drug-likeness (QED) is 0.251. The van der Waals surface area contributed by atoms with E-state index in [1.807, 2.05) is 0 Å². The molecule has 0 spiro atoms. The van der Waals surface area contributed by atoms with E-state index in [0.717, 1.165) is 5.56 Å². The molecule has 0 saturated heterocycles. The monoisotopic (exact) mass is 473 g/mol. The first-order chi connectivity index (χ1) is 16.3. The number of amides is 1. The lowest BCUT2D eigenvalue weighted by Crippen LogP contribution is -2.28. The molecular formula is C22H23N3O9. The lowest BCUT2D eigenvalue weighted by molar-refractivity contribution is -0.384. The van der Waals surface area contributed by atoms with Gasteiger partial charge in [0.25, 0.3) is 11.6 Å². The summed E-state index contributed by atoms with van der Waals surface area (Å²) in [7, 11) is 3.04. The molecule has 0 aliphatic carbocycles. The summed E-state index contributed by atoms with van der Waals surface area (Å²) in [5.74, 6) is -0.653. The zero-order valence-electron chi connectivity index (χ0n) is 18.6. The van der Waals surface area contributed by atoms with Crippen molar-refractivity contribution in [2.45, 2.75) is 25.9 Å². The topological polar surface area (TPSA) is 152 Å². The number of nitro groups is 1. The molecule has 1 N–H and O–H groups in total. The van der Waals surface area contributed by atoms with Gasteiger partial charge in [0.05, 0.1) is 30.7 Å². The first-order valence-electron chi connectivity index (χ1n) is 10.2. The van der Waals surface area contributed by atoms with Crippen molar-refractivity contribution in [3.63, 3.8) is 0 Å². The molecule has 0 unspecified atom stereocenters. The number of hydrogen-bond acceptors (Lipinski definition) is 9. The van der Waals surface area contributed by atoms with Crippen molar-refractivity contribution in [1.29, 1.82) is 0 Å². The highest BCUT2D eigenvalue weighted by atomic mass is 16.6. The summed E-state index contributed by atoms with van der Waals surface area (Å²) in [6.45, 7) is -0.0833. The Hall–Kier alpha value is -4.35. The average Bonchev–Trinajstić information content (AvgIpc) is 3.15. The van der Waals surface area contributed by atoms with Gasteiger partial charge in [-0.2, -0.15) is 0 Å². The van der Waals surface area contributed by atoms with E-state index in [2.05, 4.69) is 5.32 Å². The number of aryl methyl sites for hydroxylation is 1. The van der Waals surface area contributed by atoms with E-state index in [1.165, 1.54) is 37.0 Å². The number of esters is 1. The summed E-state index contributed by atoms with van der Waals surface area (Å²) in [5, 5.41) is 13.5. The number of aromatic nitrogens is 1. The van der Waals surface area contributed by atoms with E-state index in [1.54, 1.807) is 18.2 Å². The van der Waals surface area contributed by atoms with Crippen molar-refractivity contribution >= 4 is 28.7 Å². The zero-order chi connectivity index (χ0) is 24.7. The van der Waals surface area contributed by atoms with Crippen LogP contribution < -0.4 is 20.5 Å². The number of nitrogens with zero attached hydrogens (tertiary/aromatic N) is 2. The number of methoxy groups -OCH3 is 2. The van der Waals surface area contributed by atoms with Crippen LogP contribution in [0.25, 0.3) is 11.1 Å². The first kappa shape index (κ1) is 24.3. The van der Waals surface area contributed by atoms with Crippen LogP contribution in [0.15, 0.2) is 45.6 Å². The van der Waals surface area contributed by atoms with Crippen LogP contribution in [0.3, 0.4) is 0 Å². The zero-order valence-corrected chi connectivity index (χ0v) is 18.6. The Morgan fingerprint density at radius 1 is 1.12 bits per heavy atom. The number of nitro benzene ring substituents is 1. The van der Waals surface area contributed by atoms with Gasteiger partial charge in [0.2, 0.25) is 0 Å². The van der Waals surface area contributed by atoms with Crippen molar-refractivity contribution in [3.05, 3.63) is 62.6 Å². The first-order valence-corrected chi connectivity index (χ1v) is 10.2. The summed E-state index contributed by atoms with van der Waals surface area (Å²) in [5.41, 5.74) is 1.06. The van der Waals surface area contributed by atoms with Gasteiger partial charge in [-0.05, 0) is 30.2 Å². The fraction of sp³-hybridized carbons (Fsp3) is 0.318. The predicted molar refractivity (Wildman–Crippen MR) is 119 cm³/mol. The fourth-order valence-corrected chi connectivity index (χ4v) is 3.22. The van der Waals surface area contributed by atoms with E-state index >= 15 is 0 Å². The number of fused-ring (bicyclic) bond motifs is 1. The molecule has 0 saturated carbocycles. The number of ether oxygens (including phenoxy) is 3. The molecule has 34 heavy (non-hydrogen) atoms. The van der Waals surface area contributed by atoms with Crippen LogP contribution in [0.5, 0.6) is 11.5 Å². The Morgan fingerprint density at radius 2 is 1.88 bits per heavy atom. The third-order valence-corrected chi connectivity index (χ3v) is 4.93. The van der Waals surface area contributed by atoms with Crippen molar-refractivity contribution in [3.8, 4) is 11.5 Å². The van der Waals surface area contributed by atoms with E-state index in [-0.39, 0.29) is 37.2 Å². The Morgan fingerprint density at radius 3 is 2.59 bits per heavy atom. The summed E-state index contributed by atoms with van der Waals surface area (Å²) in [6.07, 6.45) is 0.215. The Balaban J connectivity index is 1.43. The second kappa shape index (κ2) is 11.0. The fourth-order valence-electron chi connectivity index (χ4n) is 3.22. The Bertz CT molecular complexity index is 1260. The maximum absolute atomic E-state index is 12.0. The van der Waals surface area contributed by atoms with Gasteiger partial charge in [-0.25, -0.2) is 4.79 Å². The molecule has 0 fully saturated rings. The average molecular weight is 473 g/mol. The number of hydrogen-bond donors (Lipinski definition) is 1. The van der Waals surface area contributed by atoms with Gasteiger partial charge in [0, 0.05) is 25.6 Å². The highest BCUT2D eigenvalue weighted by molar-refractivity contribution is 5.80. The molecule has 1 aromatic heterocycles. The van der Waals surface area contributed by atoms with Gasteiger partial charge < -0.3 is 23.9 Å². The summed E-state index contributed by atoms with van der Waals surface area (Å²) < 4.78 is 21.7. The van der Waals surface area contributed by atoms with Crippen LogP contribution >= 0.6 is 0 Å². The van der Waals surface area contributed by atoms with Gasteiger partial charge in [0.1, 0.15) is 0 Å². The minimum Gasteiger partial charge on any atom is -0.493 e. The maximum Gasteiger partial charge on any atom is 0.419 e. The minimum absolute atomic E-state index is 0.0327. The molecule has 1 heterocycles. The third-order valence-electron chi connectivity index (χ3n) is 4.93. The number of nitrogens with one attached hydrogen (secondary N) is 1. The van der Waals surface area contributed by atoms with Crippen LogP contribution in [-0.4, -0.2) is 42.2 Å². The molecule has 0 bridgehead atoms. The van der Waals surface area contributed by atoms with Crippen molar-refractivity contribution in [1.82, 2.24) is 9.88 Å². The molecule has 0 aliphatic heterocycles. The van der Waals surface area contributed by atoms with Crippen LogP contribution in [0.2, 0.25) is 0 Å². The van der Waals surface area contributed by atoms with Crippen LogP contribution in [0, 0.1) is 10.1 Å². The van der Waals surface area contributed by atoms with Crippen LogP contribution in [0.4, 0.5) is 5.69 Å². The molecule has 0 atom stereocenters. The molecule has 180 valence electrons. The number of rotatable bonds is 11. The predicted octanol–water partition coefficient (Wildman–Crippen LogP) is 2.16. The third kappa shape index (κ3) is 5.91. The summed E-state index contributed by atoms with van der Waals surface area (Å²) in [6, 6.07) is 9.07. The van der Waals surface area contributed by atoms with Gasteiger partial charge in [-0.15, -0.1) is 0 Å². The molecule has 12 heteroatoms. The smallest absolute Gasteiger partial charge is 0.419 e.